The van der Waals surface area contributed by atoms with Crippen molar-refractivity contribution < 1.29 is 9.47 Å². The molecule has 1 aromatic heterocycles. The van der Waals surface area contributed by atoms with E-state index in [1.807, 2.05) is 57.8 Å². The minimum atomic E-state index is 0.616. The molecule has 1 aliphatic rings. The molecule has 2 aromatic carbocycles. The number of rotatable bonds is 5. The highest BCUT2D eigenvalue weighted by atomic mass is 35.5. The van der Waals surface area contributed by atoms with Crippen LogP contribution in [0.2, 0.25) is 5.02 Å². The molecule has 0 aliphatic carbocycles. The van der Waals surface area contributed by atoms with Crippen molar-refractivity contribution >= 4 is 23.8 Å². The van der Waals surface area contributed by atoms with Crippen molar-refractivity contribution in [2.24, 2.45) is 0 Å². The van der Waals surface area contributed by atoms with Crippen molar-refractivity contribution in [3.05, 3.63) is 58.3 Å². The number of morpholine rings is 1. The predicted molar refractivity (Wildman–Crippen MR) is 112 cm³/mol. The van der Waals surface area contributed by atoms with Crippen molar-refractivity contribution in [3.8, 4) is 22.8 Å². The average molecular weight is 417 g/mol. The van der Waals surface area contributed by atoms with E-state index in [0.717, 1.165) is 49.1 Å². The van der Waals surface area contributed by atoms with E-state index in [2.05, 4.69) is 4.90 Å². The Balaban J connectivity index is 1.84. The summed E-state index contributed by atoms with van der Waals surface area (Å²) in [5, 5.41) is 5.54. The van der Waals surface area contributed by atoms with Crippen LogP contribution in [-0.2, 0) is 11.4 Å². The molecule has 2 heterocycles. The number of ether oxygens (including phenoxy) is 2. The van der Waals surface area contributed by atoms with Crippen LogP contribution in [0.3, 0.4) is 0 Å². The van der Waals surface area contributed by atoms with Crippen molar-refractivity contribution in [1.29, 1.82) is 0 Å². The number of methoxy groups -OCH3 is 1. The summed E-state index contributed by atoms with van der Waals surface area (Å²) >= 11 is 11.9. The average Bonchev–Trinajstić information content (AvgIpc) is 3.05. The molecule has 0 amide bonds. The van der Waals surface area contributed by atoms with Gasteiger partial charge in [0.15, 0.2) is 5.82 Å². The zero-order chi connectivity index (χ0) is 19.5. The Kier molecular flexibility index (Phi) is 5.77. The maximum Gasteiger partial charge on any atom is 0.204 e. The van der Waals surface area contributed by atoms with E-state index in [1.54, 1.807) is 7.11 Å². The molecule has 0 bridgehead atoms. The number of hydrogen-bond acceptors (Lipinski definition) is 5. The van der Waals surface area contributed by atoms with Gasteiger partial charge in [0.1, 0.15) is 5.75 Å². The molecule has 0 N–H and O–H groups in total. The molecule has 1 fully saturated rings. The van der Waals surface area contributed by atoms with Crippen molar-refractivity contribution in [1.82, 2.24) is 19.2 Å². The molecule has 1 saturated heterocycles. The first kappa shape index (κ1) is 19.1. The van der Waals surface area contributed by atoms with Crippen molar-refractivity contribution in [2.45, 2.75) is 6.67 Å². The van der Waals surface area contributed by atoms with Gasteiger partial charge in [-0.25, -0.2) is 4.68 Å². The van der Waals surface area contributed by atoms with Crippen LogP contribution in [-0.4, -0.2) is 52.7 Å². The molecule has 1 aliphatic heterocycles. The molecule has 8 heteroatoms. The van der Waals surface area contributed by atoms with Crippen LogP contribution < -0.4 is 4.74 Å². The number of aromatic nitrogens is 3. The highest BCUT2D eigenvalue weighted by molar-refractivity contribution is 7.71. The highest BCUT2D eigenvalue weighted by Crippen LogP contribution is 2.31. The van der Waals surface area contributed by atoms with Gasteiger partial charge in [-0.05, 0) is 48.6 Å². The van der Waals surface area contributed by atoms with Gasteiger partial charge in [-0.1, -0.05) is 23.7 Å². The summed E-state index contributed by atoms with van der Waals surface area (Å²) in [7, 11) is 1.66. The van der Waals surface area contributed by atoms with E-state index in [9.17, 15) is 0 Å². The van der Waals surface area contributed by atoms with Crippen LogP contribution in [0.25, 0.3) is 17.1 Å². The summed E-state index contributed by atoms with van der Waals surface area (Å²) in [6.45, 7) is 3.79. The van der Waals surface area contributed by atoms with Crippen LogP contribution >= 0.6 is 23.8 Å². The lowest BCUT2D eigenvalue weighted by atomic mass is 10.2. The zero-order valence-corrected chi connectivity index (χ0v) is 17.1. The van der Waals surface area contributed by atoms with Gasteiger partial charge in [-0.15, -0.1) is 5.10 Å². The fourth-order valence-corrected chi connectivity index (χ4v) is 3.68. The second-order valence-electron chi connectivity index (χ2n) is 6.49. The molecule has 28 heavy (non-hydrogen) atoms. The van der Waals surface area contributed by atoms with Crippen LogP contribution in [0.4, 0.5) is 0 Å². The summed E-state index contributed by atoms with van der Waals surface area (Å²) in [6, 6.07) is 15.4. The summed E-state index contributed by atoms with van der Waals surface area (Å²) in [5.74, 6) is 1.48. The van der Waals surface area contributed by atoms with Gasteiger partial charge in [-0.3, -0.25) is 9.47 Å². The van der Waals surface area contributed by atoms with Crippen molar-refractivity contribution in [3.63, 3.8) is 0 Å². The minimum Gasteiger partial charge on any atom is -0.496 e. The Labute approximate surface area is 173 Å². The van der Waals surface area contributed by atoms with E-state index in [4.69, 9.17) is 38.4 Å². The lowest BCUT2D eigenvalue weighted by Crippen LogP contribution is -2.37. The second kappa shape index (κ2) is 8.45. The van der Waals surface area contributed by atoms with Crippen LogP contribution in [0.5, 0.6) is 5.75 Å². The summed E-state index contributed by atoms with van der Waals surface area (Å²) in [6.07, 6.45) is 0. The Morgan fingerprint density at radius 1 is 1.11 bits per heavy atom. The molecule has 0 atom stereocenters. The smallest absolute Gasteiger partial charge is 0.204 e. The first-order valence-electron chi connectivity index (χ1n) is 9.06. The molecular formula is C20H21ClN4O2S. The van der Waals surface area contributed by atoms with Gasteiger partial charge in [0.2, 0.25) is 4.77 Å². The first-order chi connectivity index (χ1) is 13.7. The van der Waals surface area contributed by atoms with Gasteiger partial charge in [0.25, 0.3) is 0 Å². The highest BCUT2D eigenvalue weighted by Gasteiger charge is 2.19. The third kappa shape index (κ3) is 3.84. The van der Waals surface area contributed by atoms with Gasteiger partial charge in [0.05, 0.1) is 38.2 Å². The van der Waals surface area contributed by atoms with E-state index < -0.39 is 0 Å². The van der Waals surface area contributed by atoms with Gasteiger partial charge < -0.3 is 9.47 Å². The number of benzene rings is 2. The number of para-hydroxylation sites is 1. The fraction of sp³-hybridized carbons (Fsp3) is 0.300. The van der Waals surface area contributed by atoms with E-state index >= 15 is 0 Å². The van der Waals surface area contributed by atoms with Gasteiger partial charge in [0, 0.05) is 18.1 Å². The van der Waals surface area contributed by atoms with E-state index in [1.165, 1.54) is 0 Å². The fourth-order valence-electron chi connectivity index (χ4n) is 3.26. The molecule has 3 aromatic rings. The lowest BCUT2D eigenvalue weighted by molar-refractivity contribution is 0.0210. The standard InChI is InChI=1S/C20H21ClN4O2S/c1-26-18-5-3-2-4-17(18)19-22-24(14-23-10-12-27-13-11-23)20(28)25(19)16-8-6-15(21)7-9-16/h2-9H,10-14H2,1H3. The molecule has 0 spiro atoms. The van der Waals surface area contributed by atoms with E-state index in [-0.39, 0.29) is 0 Å². The van der Waals surface area contributed by atoms with Crippen molar-refractivity contribution in [2.75, 3.05) is 33.4 Å². The second-order valence-corrected chi connectivity index (χ2v) is 7.29. The molecular weight excluding hydrogens is 396 g/mol. The Morgan fingerprint density at radius 3 is 2.54 bits per heavy atom. The molecule has 146 valence electrons. The van der Waals surface area contributed by atoms with Gasteiger partial charge in [-0.2, -0.15) is 0 Å². The largest absolute Gasteiger partial charge is 0.496 e. The maximum absolute atomic E-state index is 6.08. The number of halogens is 1. The monoisotopic (exact) mass is 416 g/mol. The molecule has 6 nitrogen and oxygen atoms in total. The Hall–Kier alpha value is -2.19. The zero-order valence-electron chi connectivity index (χ0n) is 15.5. The SMILES string of the molecule is COc1ccccc1-c1nn(CN2CCOCC2)c(=S)n1-c1ccc(Cl)cc1. The summed E-state index contributed by atoms with van der Waals surface area (Å²) in [4.78, 5) is 2.28. The number of nitrogens with zero attached hydrogens (tertiary/aromatic N) is 4. The summed E-state index contributed by atoms with van der Waals surface area (Å²) < 4.78 is 15.4. The quantitative estimate of drug-likeness (QED) is 0.588. The molecule has 0 unspecified atom stereocenters. The van der Waals surface area contributed by atoms with Gasteiger partial charge >= 0.3 is 0 Å². The summed E-state index contributed by atoms with van der Waals surface area (Å²) in [5.41, 5.74) is 1.79. The maximum atomic E-state index is 6.08. The van der Waals surface area contributed by atoms with Crippen LogP contribution in [0.15, 0.2) is 48.5 Å². The predicted octanol–water partition coefficient (Wildman–Crippen LogP) is 4.02. The topological polar surface area (TPSA) is 44.4 Å². The Bertz CT molecular complexity index is 1010. The Morgan fingerprint density at radius 2 is 1.82 bits per heavy atom. The molecule has 4 rings (SSSR count). The third-order valence-corrected chi connectivity index (χ3v) is 5.35. The minimum absolute atomic E-state index is 0.616. The van der Waals surface area contributed by atoms with E-state index in [0.29, 0.717) is 16.5 Å². The molecule has 0 radical (unpaired) electrons. The third-order valence-electron chi connectivity index (χ3n) is 4.71. The van der Waals surface area contributed by atoms with Crippen LogP contribution in [0, 0.1) is 4.77 Å². The lowest BCUT2D eigenvalue weighted by Gasteiger charge is -2.26. The number of hydrogen-bond donors (Lipinski definition) is 0. The molecule has 0 saturated carbocycles. The first-order valence-corrected chi connectivity index (χ1v) is 9.85. The van der Waals surface area contributed by atoms with Crippen LogP contribution in [0.1, 0.15) is 0 Å². The normalized spacial score (nSPS) is 14.9.